The first-order valence-electron chi connectivity index (χ1n) is 9.98. The van der Waals surface area contributed by atoms with E-state index in [1.54, 1.807) is 0 Å². The quantitative estimate of drug-likeness (QED) is 0.747. The maximum atomic E-state index is 12.6. The summed E-state index contributed by atoms with van der Waals surface area (Å²) < 4.78 is 68.0. The predicted molar refractivity (Wildman–Crippen MR) is 103 cm³/mol. The fraction of sp³-hybridized carbons (Fsp3) is 0.684. The molecule has 1 aliphatic carbocycles. The number of amides is 1. The van der Waals surface area contributed by atoms with E-state index in [0.29, 0.717) is 51.6 Å². The van der Waals surface area contributed by atoms with Gasteiger partial charge in [0.2, 0.25) is 21.8 Å². The Bertz CT molecular complexity index is 830. The first-order chi connectivity index (χ1) is 14.0. The summed E-state index contributed by atoms with van der Waals surface area (Å²) in [6, 6.07) is 2.19. The molecule has 1 amide bonds. The van der Waals surface area contributed by atoms with Gasteiger partial charge in [0.25, 0.3) is 0 Å². The van der Waals surface area contributed by atoms with Crippen LogP contribution in [0.1, 0.15) is 44.1 Å². The molecule has 0 unspecified atom stereocenters. The topological polar surface area (TPSA) is 88.6 Å². The zero-order valence-electron chi connectivity index (χ0n) is 16.7. The number of aromatic nitrogens is 1. The summed E-state index contributed by atoms with van der Waals surface area (Å²) in [6.07, 6.45) is 1.13. The van der Waals surface area contributed by atoms with E-state index in [4.69, 9.17) is 4.74 Å². The number of hydrogen-bond donors (Lipinski definition) is 1. The molecule has 0 atom stereocenters. The summed E-state index contributed by atoms with van der Waals surface area (Å²) in [5.74, 6) is -0.0710. The smallest absolute Gasteiger partial charge is 0.417 e. The third kappa shape index (κ3) is 6.07. The molecular formula is C19H26F3N3O4S. The molecule has 2 aliphatic rings. The Morgan fingerprint density at radius 2 is 1.77 bits per heavy atom. The van der Waals surface area contributed by atoms with Gasteiger partial charge in [-0.3, -0.25) is 4.79 Å². The maximum absolute atomic E-state index is 12.6. The van der Waals surface area contributed by atoms with Crippen LogP contribution < -0.4 is 10.1 Å². The van der Waals surface area contributed by atoms with Crippen molar-refractivity contribution in [3.63, 3.8) is 0 Å². The Morgan fingerprint density at radius 3 is 2.27 bits per heavy atom. The number of piperidine rings is 1. The molecule has 2 heterocycles. The highest BCUT2D eigenvalue weighted by Gasteiger charge is 2.32. The lowest BCUT2D eigenvalue weighted by Gasteiger charge is -2.33. The van der Waals surface area contributed by atoms with Crippen molar-refractivity contribution in [1.82, 2.24) is 14.6 Å². The lowest BCUT2D eigenvalue weighted by atomic mass is 9.91. The van der Waals surface area contributed by atoms with Crippen LogP contribution in [0.25, 0.3) is 0 Å². The van der Waals surface area contributed by atoms with Crippen LogP contribution in [0.15, 0.2) is 18.3 Å². The van der Waals surface area contributed by atoms with Crippen molar-refractivity contribution in [1.29, 1.82) is 0 Å². The first-order valence-corrected chi connectivity index (χ1v) is 11.8. The fourth-order valence-corrected chi connectivity index (χ4v) is 4.76. The van der Waals surface area contributed by atoms with E-state index < -0.39 is 21.8 Å². The third-order valence-corrected chi connectivity index (χ3v) is 6.97. The normalized spacial score (nSPS) is 24.4. The minimum atomic E-state index is -4.43. The molecule has 1 aromatic rings. The Kier molecular flexibility index (Phi) is 6.91. The van der Waals surface area contributed by atoms with Crippen molar-refractivity contribution >= 4 is 15.9 Å². The summed E-state index contributed by atoms with van der Waals surface area (Å²) in [5.41, 5.74) is -0.816. The summed E-state index contributed by atoms with van der Waals surface area (Å²) in [4.78, 5) is 16.2. The highest BCUT2D eigenvalue weighted by atomic mass is 32.2. The number of hydrogen-bond acceptors (Lipinski definition) is 5. The van der Waals surface area contributed by atoms with Gasteiger partial charge in [0.05, 0.1) is 11.8 Å². The molecule has 11 heteroatoms. The molecule has 1 aromatic heterocycles. The number of halogens is 3. The second-order valence-corrected chi connectivity index (χ2v) is 9.90. The van der Waals surface area contributed by atoms with Crippen LogP contribution in [0.4, 0.5) is 13.2 Å². The number of alkyl halides is 3. The molecule has 0 radical (unpaired) electrons. The molecule has 1 saturated carbocycles. The van der Waals surface area contributed by atoms with Crippen LogP contribution in [0.5, 0.6) is 5.88 Å². The average Bonchev–Trinajstić information content (AvgIpc) is 2.68. The molecule has 3 rings (SSSR count). The number of pyridine rings is 1. The molecule has 2 fully saturated rings. The number of carbonyl (C=O) groups is 1. The van der Waals surface area contributed by atoms with Crippen molar-refractivity contribution in [2.45, 2.75) is 56.8 Å². The standard InChI is InChI=1S/C19H26F3N3O4S/c1-30(27,28)25-10-8-13(9-11-25)18(26)24-15-3-5-16(6-4-15)29-17-7-2-14(12-23-17)19(20,21)22/h2,7,12-13,15-16H,3-6,8-11H2,1H3,(H,24,26). The zero-order chi connectivity index (χ0) is 21.9. The van der Waals surface area contributed by atoms with E-state index in [0.717, 1.165) is 12.3 Å². The van der Waals surface area contributed by atoms with E-state index in [1.165, 1.54) is 16.6 Å². The number of carbonyl (C=O) groups excluding carboxylic acids is 1. The number of nitrogens with one attached hydrogen (secondary N) is 1. The molecule has 0 aromatic carbocycles. The summed E-state index contributed by atoms with van der Waals surface area (Å²) in [7, 11) is -3.22. The molecule has 168 valence electrons. The molecule has 7 nitrogen and oxygen atoms in total. The van der Waals surface area contributed by atoms with Gasteiger partial charge in [0, 0.05) is 37.3 Å². The summed E-state index contributed by atoms with van der Waals surface area (Å²) >= 11 is 0. The van der Waals surface area contributed by atoms with Gasteiger partial charge in [-0.2, -0.15) is 13.2 Å². The van der Waals surface area contributed by atoms with Gasteiger partial charge in [-0.15, -0.1) is 0 Å². The van der Waals surface area contributed by atoms with Crippen molar-refractivity contribution in [2.24, 2.45) is 5.92 Å². The Morgan fingerprint density at radius 1 is 1.13 bits per heavy atom. The number of rotatable bonds is 5. The molecule has 1 aliphatic heterocycles. The van der Waals surface area contributed by atoms with E-state index >= 15 is 0 Å². The molecule has 30 heavy (non-hydrogen) atoms. The van der Waals surface area contributed by atoms with Crippen LogP contribution in [-0.4, -0.2) is 55.1 Å². The largest absolute Gasteiger partial charge is 0.474 e. The number of ether oxygens (including phenoxy) is 1. The van der Waals surface area contributed by atoms with Gasteiger partial charge in [-0.1, -0.05) is 0 Å². The second-order valence-electron chi connectivity index (χ2n) is 7.92. The number of nitrogens with zero attached hydrogens (tertiary/aromatic N) is 2. The van der Waals surface area contributed by atoms with E-state index in [9.17, 15) is 26.4 Å². The first kappa shape index (κ1) is 22.8. The van der Waals surface area contributed by atoms with Gasteiger partial charge < -0.3 is 10.1 Å². The summed E-state index contributed by atoms with van der Waals surface area (Å²) in [5, 5.41) is 3.05. The average molecular weight is 449 g/mol. The van der Waals surface area contributed by atoms with Crippen LogP contribution in [-0.2, 0) is 21.0 Å². The van der Waals surface area contributed by atoms with Gasteiger partial charge >= 0.3 is 6.18 Å². The van der Waals surface area contributed by atoms with Crippen LogP contribution >= 0.6 is 0 Å². The van der Waals surface area contributed by atoms with Crippen molar-refractivity contribution in [3.05, 3.63) is 23.9 Å². The zero-order valence-corrected chi connectivity index (χ0v) is 17.5. The van der Waals surface area contributed by atoms with Crippen LogP contribution in [0.2, 0.25) is 0 Å². The van der Waals surface area contributed by atoms with Crippen molar-refractivity contribution in [3.8, 4) is 5.88 Å². The van der Waals surface area contributed by atoms with Gasteiger partial charge in [0.15, 0.2) is 0 Å². The van der Waals surface area contributed by atoms with E-state index in [-0.39, 0.29) is 29.9 Å². The second kappa shape index (κ2) is 9.09. The monoisotopic (exact) mass is 449 g/mol. The van der Waals surface area contributed by atoms with E-state index in [1.807, 2.05) is 0 Å². The van der Waals surface area contributed by atoms with E-state index in [2.05, 4.69) is 10.3 Å². The highest BCUT2D eigenvalue weighted by molar-refractivity contribution is 7.88. The van der Waals surface area contributed by atoms with Crippen LogP contribution in [0.3, 0.4) is 0 Å². The predicted octanol–water partition coefficient (Wildman–Crippen LogP) is 2.58. The Balaban J connectivity index is 1.41. The highest BCUT2D eigenvalue weighted by Crippen LogP contribution is 2.30. The number of sulfonamides is 1. The lowest BCUT2D eigenvalue weighted by Crippen LogP contribution is -2.46. The van der Waals surface area contributed by atoms with Crippen molar-refractivity contribution in [2.75, 3.05) is 19.3 Å². The SMILES string of the molecule is CS(=O)(=O)N1CCC(C(=O)NC2CCC(Oc3ccc(C(F)(F)F)cn3)CC2)CC1. The molecular weight excluding hydrogens is 423 g/mol. The van der Waals surface area contributed by atoms with Gasteiger partial charge in [0.1, 0.15) is 6.10 Å². The molecule has 1 N–H and O–H groups in total. The lowest BCUT2D eigenvalue weighted by molar-refractivity contribution is -0.137. The third-order valence-electron chi connectivity index (χ3n) is 5.67. The molecule has 1 saturated heterocycles. The van der Waals surface area contributed by atoms with Gasteiger partial charge in [-0.05, 0) is 44.6 Å². The Hall–Kier alpha value is -1.88. The van der Waals surface area contributed by atoms with Crippen LogP contribution in [0, 0.1) is 5.92 Å². The summed E-state index contributed by atoms with van der Waals surface area (Å²) in [6.45, 7) is 0.718. The van der Waals surface area contributed by atoms with Gasteiger partial charge in [-0.25, -0.2) is 17.7 Å². The fourth-order valence-electron chi connectivity index (χ4n) is 3.88. The van der Waals surface area contributed by atoms with Crippen molar-refractivity contribution < 1.29 is 31.1 Å². The molecule has 0 spiro atoms. The minimum Gasteiger partial charge on any atom is -0.474 e. The minimum absolute atomic E-state index is 0.0193. The maximum Gasteiger partial charge on any atom is 0.417 e. The molecule has 0 bridgehead atoms. The Labute approximate surface area is 174 Å².